The third-order valence-corrected chi connectivity index (χ3v) is 5.72. The van der Waals surface area contributed by atoms with Gasteiger partial charge in [-0.05, 0) is 48.9 Å². The van der Waals surface area contributed by atoms with E-state index in [-0.39, 0.29) is 18.3 Å². The van der Waals surface area contributed by atoms with Gasteiger partial charge in [0.1, 0.15) is 24.4 Å². The number of carbonyl (C=O) groups is 1. The Hall–Kier alpha value is -1.35. The third-order valence-electron chi connectivity index (χ3n) is 5.72. The van der Waals surface area contributed by atoms with Crippen LogP contribution in [-0.2, 0) is 22.3 Å². The lowest BCUT2D eigenvalue weighted by molar-refractivity contribution is -0.300. The molecule has 0 aromatic heterocycles. The first-order chi connectivity index (χ1) is 12.8. The summed E-state index contributed by atoms with van der Waals surface area (Å²) in [6.45, 7) is 5.61. The summed E-state index contributed by atoms with van der Waals surface area (Å²) in [5.74, 6) is 0.192. The number of rotatable bonds is 5. The average molecular weight is 380 g/mol. The van der Waals surface area contributed by atoms with Crippen molar-refractivity contribution in [1.29, 1.82) is 0 Å². The Kier molecular flexibility index (Phi) is 6.00. The minimum atomic E-state index is -1.46. The molecular weight excluding hydrogens is 352 g/mol. The highest BCUT2D eigenvalue weighted by molar-refractivity contribution is 6.03. The minimum absolute atomic E-state index is 0.0127. The number of aryl methyl sites for hydroxylation is 1. The molecule has 0 spiro atoms. The summed E-state index contributed by atoms with van der Waals surface area (Å²) in [7, 11) is 0. The van der Waals surface area contributed by atoms with Gasteiger partial charge in [0.25, 0.3) is 0 Å². The number of ether oxygens (including phenoxy) is 2. The number of hydrogen-bond acceptors (Lipinski definition) is 7. The van der Waals surface area contributed by atoms with Crippen LogP contribution in [0, 0.1) is 19.8 Å². The van der Waals surface area contributed by atoms with E-state index >= 15 is 0 Å². The van der Waals surface area contributed by atoms with Crippen molar-refractivity contribution >= 4 is 5.78 Å². The minimum Gasteiger partial charge on any atom is -0.394 e. The smallest absolute Gasteiger partial charge is 0.186 e. The second-order valence-corrected chi connectivity index (χ2v) is 7.62. The number of benzene rings is 1. The molecule has 1 heterocycles. The molecule has 2 aliphatic rings. The highest BCUT2D eigenvalue weighted by Crippen LogP contribution is 2.33. The maximum Gasteiger partial charge on any atom is 0.186 e. The molecule has 0 amide bonds. The topological polar surface area (TPSA) is 116 Å². The normalized spacial score (nSPS) is 33.4. The van der Waals surface area contributed by atoms with Crippen LogP contribution in [-0.4, -0.2) is 70.1 Å². The van der Waals surface area contributed by atoms with Gasteiger partial charge in [-0.1, -0.05) is 13.0 Å². The van der Waals surface area contributed by atoms with Gasteiger partial charge >= 0.3 is 0 Å². The molecular formula is C20H28O7. The number of fused-ring (bicyclic) bond motifs is 1. The van der Waals surface area contributed by atoms with Crippen LogP contribution in [0.5, 0.6) is 0 Å². The summed E-state index contributed by atoms with van der Waals surface area (Å²) in [5.41, 5.74) is 5.00. The zero-order valence-corrected chi connectivity index (χ0v) is 15.9. The monoisotopic (exact) mass is 380 g/mol. The fourth-order valence-electron chi connectivity index (χ4n) is 4.15. The Morgan fingerprint density at radius 2 is 1.89 bits per heavy atom. The lowest BCUT2D eigenvalue weighted by atomic mass is 9.92. The average Bonchev–Trinajstić information content (AvgIpc) is 2.91. The van der Waals surface area contributed by atoms with E-state index in [1.165, 1.54) is 0 Å². The van der Waals surface area contributed by atoms with Gasteiger partial charge in [0.15, 0.2) is 12.1 Å². The molecule has 1 aromatic carbocycles. The molecule has 6 atom stereocenters. The molecule has 1 aliphatic carbocycles. The highest BCUT2D eigenvalue weighted by atomic mass is 16.7. The van der Waals surface area contributed by atoms with Crippen LogP contribution in [0.25, 0.3) is 0 Å². The van der Waals surface area contributed by atoms with E-state index in [2.05, 4.69) is 6.07 Å². The van der Waals surface area contributed by atoms with Gasteiger partial charge in [-0.2, -0.15) is 0 Å². The van der Waals surface area contributed by atoms with Gasteiger partial charge in [0.05, 0.1) is 13.2 Å². The lowest BCUT2D eigenvalue weighted by Gasteiger charge is -2.39. The summed E-state index contributed by atoms with van der Waals surface area (Å²) in [4.78, 5) is 12.4. The van der Waals surface area contributed by atoms with Gasteiger partial charge in [-0.25, -0.2) is 0 Å². The zero-order chi connectivity index (χ0) is 19.9. The second kappa shape index (κ2) is 7.95. The number of carbonyl (C=O) groups excluding carboxylic acids is 1. The van der Waals surface area contributed by atoms with Crippen LogP contribution in [0.1, 0.15) is 39.5 Å². The van der Waals surface area contributed by atoms with Crippen LogP contribution in [0.2, 0.25) is 0 Å². The van der Waals surface area contributed by atoms with Crippen molar-refractivity contribution in [3.8, 4) is 0 Å². The van der Waals surface area contributed by atoms with E-state index in [0.717, 1.165) is 34.2 Å². The first kappa shape index (κ1) is 20.4. The van der Waals surface area contributed by atoms with Crippen molar-refractivity contribution in [1.82, 2.24) is 0 Å². The lowest BCUT2D eigenvalue weighted by Crippen LogP contribution is -2.59. The van der Waals surface area contributed by atoms with Gasteiger partial charge in [-0.3, -0.25) is 4.79 Å². The van der Waals surface area contributed by atoms with Crippen molar-refractivity contribution in [2.75, 3.05) is 13.2 Å². The summed E-state index contributed by atoms with van der Waals surface area (Å²) in [6, 6.07) is 2.06. The van der Waals surface area contributed by atoms with E-state index in [1.807, 2.05) is 20.8 Å². The summed E-state index contributed by atoms with van der Waals surface area (Å²) in [5, 5.41) is 38.9. The third kappa shape index (κ3) is 3.68. The molecule has 7 nitrogen and oxygen atoms in total. The quantitative estimate of drug-likeness (QED) is 0.570. The van der Waals surface area contributed by atoms with Crippen molar-refractivity contribution in [2.45, 2.75) is 64.3 Å². The fraction of sp³-hybridized carbons (Fsp3) is 0.650. The maximum absolute atomic E-state index is 12.4. The highest BCUT2D eigenvalue weighted by Gasteiger charge is 2.44. The Bertz CT molecular complexity index is 715. The fourth-order valence-corrected chi connectivity index (χ4v) is 4.15. The zero-order valence-electron chi connectivity index (χ0n) is 15.9. The van der Waals surface area contributed by atoms with Crippen LogP contribution in [0.4, 0.5) is 0 Å². The van der Waals surface area contributed by atoms with E-state index in [4.69, 9.17) is 9.47 Å². The van der Waals surface area contributed by atoms with E-state index < -0.39 is 37.3 Å². The van der Waals surface area contributed by atoms with E-state index in [0.29, 0.717) is 6.42 Å². The van der Waals surface area contributed by atoms with E-state index in [9.17, 15) is 25.2 Å². The molecule has 150 valence electrons. The molecule has 1 fully saturated rings. The summed E-state index contributed by atoms with van der Waals surface area (Å²) in [6.07, 6.45) is -5.11. The van der Waals surface area contributed by atoms with Crippen LogP contribution >= 0.6 is 0 Å². The Labute approximate surface area is 158 Å². The molecule has 7 heteroatoms. The van der Waals surface area contributed by atoms with E-state index in [1.54, 1.807) is 0 Å². The molecule has 0 radical (unpaired) electrons. The number of aliphatic hydroxyl groups excluding tert-OH is 4. The summed E-state index contributed by atoms with van der Waals surface area (Å²) < 4.78 is 10.9. The van der Waals surface area contributed by atoms with Crippen LogP contribution < -0.4 is 0 Å². The Morgan fingerprint density at radius 1 is 1.19 bits per heavy atom. The first-order valence-electron chi connectivity index (χ1n) is 9.34. The van der Waals surface area contributed by atoms with Gasteiger partial charge in [-0.15, -0.1) is 0 Å². The van der Waals surface area contributed by atoms with Crippen LogP contribution in [0.3, 0.4) is 0 Å². The van der Waals surface area contributed by atoms with Gasteiger partial charge in [0, 0.05) is 11.5 Å². The number of aliphatic hydroxyl groups is 4. The van der Waals surface area contributed by atoms with Gasteiger partial charge in [0.2, 0.25) is 0 Å². The van der Waals surface area contributed by atoms with Gasteiger partial charge < -0.3 is 29.9 Å². The Morgan fingerprint density at radius 3 is 2.56 bits per heavy atom. The summed E-state index contributed by atoms with van der Waals surface area (Å²) >= 11 is 0. The molecule has 4 N–H and O–H groups in total. The molecule has 1 aromatic rings. The largest absolute Gasteiger partial charge is 0.394 e. The Balaban J connectivity index is 1.69. The first-order valence-corrected chi connectivity index (χ1v) is 9.34. The molecule has 0 bridgehead atoms. The predicted octanol–water partition coefficient (Wildman–Crippen LogP) is 0.0373. The second-order valence-electron chi connectivity index (χ2n) is 7.62. The molecule has 3 rings (SSSR count). The van der Waals surface area contributed by atoms with Crippen molar-refractivity contribution in [3.63, 3.8) is 0 Å². The molecule has 1 aliphatic heterocycles. The number of ketones is 1. The molecule has 0 saturated carbocycles. The standard InChI is InChI=1S/C20H28O7/c1-9-6-12-7-10(2)16(22)15(12)11(3)13(9)4-5-26-20-19(25)18(24)17(23)14(8-21)27-20/h6,10,14,17-21,23-25H,4-5,7-8H2,1-3H3/t10?,14-,17-,18+,19-,20-/m1/s1. The predicted molar refractivity (Wildman–Crippen MR) is 96.5 cm³/mol. The van der Waals surface area contributed by atoms with Crippen LogP contribution in [0.15, 0.2) is 6.07 Å². The van der Waals surface area contributed by atoms with Crippen molar-refractivity contribution in [3.05, 3.63) is 33.9 Å². The van der Waals surface area contributed by atoms with Crippen molar-refractivity contribution in [2.24, 2.45) is 5.92 Å². The molecule has 27 heavy (non-hydrogen) atoms. The molecule has 1 saturated heterocycles. The SMILES string of the molecule is Cc1cc2c(c(C)c1CCO[C@@H]1O[C@H](CO)[C@@H](O)[C@H](O)[C@H]1O)C(=O)C(C)C2. The number of hydrogen-bond donors (Lipinski definition) is 4. The molecule has 1 unspecified atom stereocenters. The van der Waals surface area contributed by atoms with Crippen molar-refractivity contribution < 1.29 is 34.7 Å². The number of Topliss-reactive ketones (excluding diaryl/α,β-unsaturated/α-hetero) is 1. The maximum atomic E-state index is 12.4.